The van der Waals surface area contributed by atoms with Gasteiger partial charge < -0.3 is 24.4 Å². The fraction of sp³-hybridized carbons (Fsp3) is 0.429. The van der Waals surface area contributed by atoms with Crippen molar-refractivity contribution in [3.05, 3.63) is 47.5 Å². The van der Waals surface area contributed by atoms with E-state index in [1.165, 1.54) is 24.9 Å². The quantitative estimate of drug-likeness (QED) is 0.207. The molecule has 2 aromatic rings. The fourth-order valence-electron chi connectivity index (χ4n) is 3.91. The van der Waals surface area contributed by atoms with Crippen molar-refractivity contribution >= 4 is 28.4 Å². The van der Waals surface area contributed by atoms with Gasteiger partial charge in [-0.25, -0.2) is 0 Å². The second-order valence-electron chi connectivity index (χ2n) is 8.25. The molecule has 0 aliphatic carbocycles. The highest BCUT2D eigenvalue weighted by Crippen LogP contribution is 2.26. The number of hydrogen-bond acceptors (Lipinski definition) is 6. The van der Waals surface area contributed by atoms with Gasteiger partial charge in [-0.15, -0.1) is 6.42 Å². The minimum absolute atomic E-state index is 0.0598. The van der Waals surface area contributed by atoms with Crippen molar-refractivity contribution in [3.8, 4) is 18.4 Å². The van der Waals surface area contributed by atoms with E-state index in [0.29, 0.717) is 39.6 Å². The smallest absolute Gasteiger partial charge is 0.262 e. The lowest BCUT2D eigenvalue weighted by Gasteiger charge is -2.29. The molecule has 184 valence electrons. The molecule has 1 amide bonds. The van der Waals surface area contributed by atoms with Crippen LogP contribution in [0.15, 0.2) is 42.0 Å². The Hall–Kier alpha value is -3.36. The van der Waals surface area contributed by atoms with E-state index in [1.807, 2.05) is 24.3 Å². The largest absolute Gasteiger partial charge is 0.377 e. The minimum atomic E-state index is -0.418. The highest BCUT2D eigenvalue weighted by atomic mass is 16.5. The zero-order chi connectivity index (χ0) is 24.7. The fourth-order valence-corrected chi connectivity index (χ4v) is 3.91. The van der Waals surface area contributed by atoms with Crippen molar-refractivity contribution < 1.29 is 19.0 Å². The molecule has 0 saturated carbocycles. The lowest BCUT2D eigenvalue weighted by atomic mass is 10.0. The van der Waals surface area contributed by atoms with Crippen molar-refractivity contribution in [3.63, 3.8) is 0 Å². The van der Waals surface area contributed by atoms with Crippen LogP contribution in [0.1, 0.15) is 24.8 Å². The van der Waals surface area contributed by atoms with E-state index in [1.54, 1.807) is 6.08 Å². The summed E-state index contributed by atoms with van der Waals surface area (Å²) in [4.78, 5) is 14.8. The first kappa shape index (κ1) is 26.2. The van der Waals surface area contributed by atoms with Crippen LogP contribution in [0.2, 0.25) is 0 Å². The number of terminal acetylenes is 1. The van der Waals surface area contributed by atoms with E-state index >= 15 is 0 Å². The number of carbonyl (C=O) groups is 1. The SMILES string of the molecule is C#CCOCCOCCOCCNC(=O)C(C#N)=Cc1ccc2cc(N3CCCCC3)ccc2c1. The molecule has 0 spiro atoms. The van der Waals surface area contributed by atoms with Crippen molar-refractivity contribution in [1.29, 1.82) is 5.26 Å². The number of nitrogens with one attached hydrogen (secondary N) is 1. The first-order chi connectivity index (χ1) is 17.2. The van der Waals surface area contributed by atoms with E-state index in [2.05, 4.69) is 34.3 Å². The van der Waals surface area contributed by atoms with E-state index < -0.39 is 5.91 Å². The maximum atomic E-state index is 12.4. The molecule has 7 nitrogen and oxygen atoms in total. The molecule has 3 rings (SSSR count). The Morgan fingerprint density at radius 2 is 1.66 bits per heavy atom. The van der Waals surface area contributed by atoms with Gasteiger partial charge in [-0.1, -0.05) is 24.1 Å². The number of benzene rings is 2. The number of ether oxygens (including phenoxy) is 3. The number of anilines is 1. The molecule has 2 aromatic carbocycles. The van der Waals surface area contributed by atoms with Crippen molar-refractivity contribution in [2.45, 2.75) is 19.3 Å². The number of amides is 1. The zero-order valence-electron chi connectivity index (χ0n) is 20.1. The maximum Gasteiger partial charge on any atom is 0.262 e. The van der Waals surface area contributed by atoms with Gasteiger partial charge in [0.2, 0.25) is 0 Å². The van der Waals surface area contributed by atoms with E-state index in [-0.39, 0.29) is 12.2 Å². The predicted molar refractivity (Wildman–Crippen MR) is 138 cm³/mol. The van der Waals surface area contributed by atoms with Gasteiger partial charge in [0.1, 0.15) is 18.2 Å². The zero-order valence-corrected chi connectivity index (χ0v) is 20.1. The second-order valence-corrected chi connectivity index (χ2v) is 8.25. The van der Waals surface area contributed by atoms with E-state index in [9.17, 15) is 10.1 Å². The van der Waals surface area contributed by atoms with Crippen LogP contribution in [0.5, 0.6) is 0 Å². The molecular weight excluding hydrogens is 442 g/mol. The van der Waals surface area contributed by atoms with Crippen LogP contribution in [0, 0.1) is 23.7 Å². The highest BCUT2D eigenvalue weighted by molar-refractivity contribution is 6.02. The summed E-state index contributed by atoms with van der Waals surface area (Å²) in [5, 5.41) is 14.4. The van der Waals surface area contributed by atoms with E-state index in [0.717, 1.165) is 29.4 Å². The van der Waals surface area contributed by atoms with Crippen LogP contribution in [-0.2, 0) is 19.0 Å². The van der Waals surface area contributed by atoms with E-state index in [4.69, 9.17) is 20.6 Å². The van der Waals surface area contributed by atoms with Crippen LogP contribution < -0.4 is 10.2 Å². The summed E-state index contributed by atoms with van der Waals surface area (Å²) < 4.78 is 15.9. The summed E-state index contributed by atoms with van der Waals surface area (Å²) in [6.07, 6.45) is 10.5. The molecular formula is C28H33N3O4. The molecule has 35 heavy (non-hydrogen) atoms. The average molecular weight is 476 g/mol. The Kier molecular flexibility index (Phi) is 11.1. The molecule has 1 saturated heterocycles. The Morgan fingerprint density at radius 1 is 0.971 bits per heavy atom. The Labute approximate surface area is 207 Å². The first-order valence-corrected chi connectivity index (χ1v) is 12.1. The van der Waals surface area contributed by atoms with Crippen LogP contribution in [0.3, 0.4) is 0 Å². The lowest BCUT2D eigenvalue weighted by molar-refractivity contribution is -0.117. The molecule has 0 unspecified atom stereocenters. The number of rotatable bonds is 13. The van der Waals surface area contributed by atoms with Crippen LogP contribution >= 0.6 is 0 Å². The Bertz CT molecular complexity index is 1080. The molecule has 0 atom stereocenters. The van der Waals surface area contributed by atoms with Gasteiger partial charge in [-0.2, -0.15) is 5.26 Å². The van der Waals surface area contributed by atoms with Gasteiger partial charge in [-0.3, -0.25) is 4.79 Å². The number of fused-ring (bicyclic) bond motifs is 1. The first-order valence-electron chi connectivity index (χ1n) is 12.1. The van der Waals surface area contributed by atoms with Crippen LogP contribution in [-0.4, -0.2) is 65.2 Å². The third-order valence-corrected chi connectivity index (χ3v) is 5.71. The van der Waals surface area contributed by atoms with Gasteiger partial charge in [0.25, 0.3) is 5.91 Å². The van der Waals surface area contributed by atoms with Gasteiger partial charge in [0.05, 0.1) is 33.0 Å². The van der Waals surface area contributed by atoms with Gasteiger partial charge in [0, 0.05) is 25.3 Å². The normalized spacial score (nSPS) is 13.9. The molecule has 1 heterocycles. The van der Waals surface area contributed by atoms with Crippen LogP contribution in [0.25, 0.3) is 16.8 Å². The number of nitriles is 1. The number of hydrogen-bond donors (Lipinski definition) is 1. The summed E-state index contributed by atoms with van der Waals surface area (Å²) in [5.41, 5.74) is 2.12. The second kappa shape index (κ2) is 14.8. The highest BCUT2D eigenvalue weighted by Gasteiger charge is 2.12. The van der Waals surface area contributed by atoms with Gasteiger partial charge >= 0.3 is 0 Å². The summed E-state index contributed by atoms with van der Waals surface area (Å²) in [6, 6.07) is 14.4. The average Bonchev–Trinajstić information content (AvgIpc) is 2.90. The molecule has 1 fully saturated rings. The van der Waals surface area contributed by atoms with Gasteiger partial charge in [-0.05, 0) is 59.9 Å². The summed E-state index contributed by atoms with van der Waals surface area (Å²) in [5.74, 6) is 1.97. The molecule has 1 aliphatic heterocycles. The molecule has 1 N–H and O–H groups in total. The Balaban J connectivity index is 1.44. The molecule has 0 bridgehead atoms. The lowest BCUT2D eigenvalue weighted by Crippen LogP contribution is -2.29. The van der Waals surface area contributed by atoms with Crippen LogP contribution in [0.4, 0.5) is 5.69 Å². The monoisotopic (exact) mass is 475 g/mol. The third-order valence-electron chi connectivity index (χ3n) is 5.71. The van der Waals surface area contributed by atoms with Crippen molar-refractivity contribution in [2.24, 2.45) is 0 Å². The predicted octanol–water partition coefficient (Wildman–Crippen LogP) is 3.54. The van der Waals surface area contributed by atoms with Gasteiger partial charge in [0.15, 0.2) is 0 Å². The molecule has 0 aromatic heterocycles. The summed E-state index contributed by atoms with van der Waals surface area (Å²) >= 11 is 0. The topological polar surface area (TPSA) is 83.8 Å². The molecule has 1 aliphatic rings. The number of carbonyl (C=O) groups excluding carboxylic acids is 1. The van der Waals surface area contributed by atoms with Crippen molar-refractivity contribution in [1.82, 2.24) is 5.32 Å². The third kappa shape index (κ3) is 8.73. The minimum Gasteiger partial charge on any atom is -0.377 e. The Morgan fingerprint density at radius 3 is 2.40 bits per heavy atom. The molecule has 7 heteroatoms. The number of piperidine rings is 1. The molecule has 0 radical (unpaired) electrons. The summed E-state index contributed by atoms with van der Waals surface area (Å²) in [7, 11) is 0. The standard InChI is InChI=1S/C28H33N3O4/c1-2-13-33-15-17-35-18-16-34-14-10-30-28(32)26(22-29)20-23-6-7-25-21-27(9-8-24(25)19-23)31-11-4-3-5-12-31/h1,6-9,19-21H,3-5,10-18H2,(H,30,32). The maximum absolute atomic E-state index is 12.4. The summed E-state index contributed by atoms with van der Waals surface area (Å²) in [6.45, 7) is 4.85. The van der Waals surface area contributed by atoms with Crippen molar-refractivity contribution in [2.75, 3.05) is 64.2 Å². The number of nitrogens with zero attached hydrogens (tertiary/aromatic N) is 2.